The average molecular weight is 252 g/mol. The quantitative estimate of drug-likeness (QED) is 0.821. The van der Waals surface area contributed by atoms with E-state index in [0.717, 1.165) is 18.5 Å². The molecule has 1 aliphatic rings. The van der Waals surface area contributed by atoms with Crippen LogP contribution in [0.25, 0.3) is 0 Å². The fraction of sp³-hybridized carbons (Fsp3) is 0.667. The Labute approximate surface area is 107 Å². The molecular weight excluding hydrogens is 232 g/mol. The Hall–Kier alpha value is -1.40. The smallest absolute Gasteiger partial charge is 0.226 e. The van der Waals surface area contributed by atoms with Gasteiger partial charge in [0.1, 0.15) is 0 Å². The second-order valence-electron chi connectivity index (χ2n) is 4.60. The minimum absolute atomic E-state index is 0.170. The highest BCUT2D eigenvalue weighted by Crippen LogP contribution is 2.24. The number of aryl methyl sites for hydroxylation is 1. The third kappa shape index (κ3) is 2.88. The normalized spacial score (nSPS) is 18.4. The van der Waals surface area contributed by atoms with Crippen LogP contribution >= 0.6 is 0 Å². The summed E-state index contributed by atoms with van der Waals surface area (Å²) in [6, 6.07) is 1.80. The van der Waals surface area contributed by atoms with Gasteiger partial charge in [-0.3, -0.25) is 0 Å². The van der Waals surface area contributed by atoms with E-state index in [9.17, 15) is 0 Å². The lowest BCUT2D eigenvalue weighted by molar-refractivity contribution is 0.0625. The van der Waals surface area contributed by atoms with Crippen LogP contribution in [0.4, 0.5) is 5.95 Å². The lowest BCUT2D eigenvalue weighted by Gasteiger charge is -2.36. The third-order valence-corrected chi connectivity index (χ3v) is 3.26. The number of ether oxygens (including phenoxy) is 2. The van der Waals surface area contributed by atoms with Crippen molar-refractivity contribution in [3.05, 3.63) is 11.8 Å². The molecule has 1 aromatic heterocycles. The predicted molar refractivity (Wildman–Crippen MR) is 68.8 cm³/mol. The third-order valence-electron chi connectivity index (χ3n) is 3.26. The summed E-state index contributed by atoms with van der Waals surface area (Å²) in [7, 11) is 1.60. The van der Waals surface area contributed by atoms with Crippen LogP contribution in [0.2, 0.25) is 0 Å². The summed E-state index contributed by atoms with van der Waals surface area (Å²) in [5.41, 5.74) is 6.58. The summed E-state index contributed by atoms with van der Waals surface area (Å²) < 4.78 is 10.5. The molecule has 2 rings (SSSR count). The molecule has 0 bridgehead atoms. The molecule has 0 atom stereocenters. The highest BCUT2D eigenvalue weighted by molar-refractivity contribution is 5.34. The number of rotatable bonds is 4. The van der Waals surface area contributed by atoms with Gasteiger partial charge in [-0.15, -0.1) is 0 Å². The Balaban J connectivity index is 2.18. The largest absolute Gasteiger partial charge is 0.481 e. The van der Waals surface area contributed by atoms with Crippen LogP contribution < -0.4 is 15.8 Å². The van der Waals surface area contributed by atoms with Crippen molar-refractivity contribution < 1.29 is 9.47 Å². The number of nitrogens with one attached hydrogen (secondary N) is 1. The molecule has 1 fully saturated rings. The van der Waals surface area contributed by atoms with Crippen molar-refractivity contribution in [2.45, 2.75) is 25.3 Å². The molecule has 0 aliphatic carbocycles. The van der Waals surface area contributed by atoms with Crippen LogP contribution in [0.15, 0.2) is 6.07 Å². The molecule has 0 radical (unpaired) electrons. The molecule has 6 nitrogen and oxygen atoms in total. The maximum Gasteiger partial charge on any atom is 0.226 e. The lowest BCUT2D eigenvalue weighted by atomic mass is 9.90. The van der Waals surface area contributed by atoms with Gasteiger partial charge < -0.3 is 20.5 Å². The van der Waals surface area contributed by atoms with Crippen LogP contribution in [0.1, 0.15) is 18.5 Å². The molecule has 0 spiro atoms. The van der Waals surface area contributed by atoms with Crippen molar-refractivity contribution in [1.82, 2.24) is 9.97 Å². The molecule has 0 saturated carbocycles. The van der Waals surface area contributed by atoms with E-state index in [0.29, 0.717) is 31.6 Å². The second-order valence-corrected chi connectivity index (χ2v) is 4.60. The standard InChI is InChI=1S/C12H20N4O2/c1-9-7-10(17-2)15-11(14-9)16-12(8-13)3-5-18-6-4-12/h7H,3-6,8,13H2,1-2H3,(H,14,15,16). The monoisotopic (exact) mass is 252 g/mol. The Kier molecular flexibility index (Phi) is 3.98. The first kappa shape index (κ1) is 13.0. The van der Waals surface area contributed by atoms with Gasteiger partial charge in [-0.05, 0) is 19.8 Å². The summed E-state index contributed by atoms with van der Waals surface area (Å²) in [6.45, 7) is 3.88. The highest BCUT2D eigenvalue weighted by Gasteiger charge is 2.31. The van der Waals surface area contributed by atoms with Crippen molar-refractivity contribution in [2.24, 2.45) is 5.73 Å². The van der Waals surface area contributed by atoms with Crippen molar-refractivity contribution >= 4 is 5.95 Å². The summed E-state index contributed by atoms with van der Waals surface area (Å²) in [5, 5.41) is 3.35. The van der Waals surface area contributed by atoms with E-state index >= 15 is 0 Å². The number of nitrogens with zero attached hydrogens (tertiary/aromatic N) is 2. The molecule has 100 valence electrons. The van der Waals surface area contributed by atoms with Crippen molar-refractivity contribution in [3.8, 4) is 5.88 Å². The molecule has 18 heavy (non-hydrogen) atoms. The van der Waals surface area contributed by atoms with Gasteiger partial charge in [0.05, 0.1) is 12.6 Å². The van der Waals surface area contributed by atoms with Gasteiger partial charge in [-0.25, -0.2) is 4.98 Å². The molecule has 6 heteroatoms. The minimum atomic E-state index is -0.170. The Bertz CT molecular complexity index is 405. The average Bonchev–Trinajstić information content (AvgIpc) is 2.39. The van der Waals surface area contributed by atoms with Gasteiger partial charge in [0.2, 0.25) is 11.8 Å². The van der Waals surface area contributed by atoms with Crippen molar-refractivity contribution in [2.75, 3.05) is 32.2 Å². The van der Waals surface area contributed by atoms with Gasteiger partial charge in [0, 0.05) is 31.5 Å². The molecule has 1 aliphatic heterocycles. The van der Waals surface area contributed by atoms with E-state index < -0.39 is 0 Å². The molecule has 0 amide bonds. The van der Waals surface area contributed by atoms with E-state index in [4.69, 9.17) is 15.2 Å². The molecule has 2 heterocycles. The Morgan fingerprint density at radius 2 is 2.17 bits per heavy atom. The lowest BCUT2D eigenvalue weighted by Crippen LogP contribution is -2.50. The van der Waals surface area contributed by atoms with Crippen LogP contribution in [0, 0.1) is 6.92 Å². The van der Waals surface area contributed by atoms with E-state index in [1.807, 2.05) is 6.92 Å². The number of hydrogen-bond acceptors (Lipinski definition) is 6. The maximum absolute atomic E-state index is 5.89. The molecule has 1 aromatic rings. The van der Waals surface area contributed by atoms with Crippen molar-refractivity contribution in [1.29, 1.82) is 0 Å². The fourth-order valence-electron chi connectivity index (χ4n) is 2.08. The van der Waals surface area contributed by atoms with Gasteiger partial charge in [0.15, 0.2) is 0 Å². The van der Waals surface area contributed by atoms with Gasteiger partial charge >= 0.3 is 0 Å². The summed E-state index contributed by atoms with van der Waals surface area (Å²) in [6.07, 6.45) is 1.73. The number of methoxy groups -OCH3 is 1. The van der Waals surface area contributed by atoms with Crippen LogP contribution in [-0.2, 0) is 4.74 Å². The van der Waals surface area contributed by atoms with Crippen LogP contribution in [-0.4, -0.2) is 42.4 Å². The first-order valence-electron chi connectivity index (χ1n) is 6.13. The number of aromatic nitrogens is 2. The van der Waals surface area contributed by atoms with Crippen LogP contribution in [0.3, 0.4) is 0 Å². The number of anilines is 1. The molecule has 1 saturated heterocycles. The van der Waals surface area contributed by atoms with E-state index in [1.165, 1.54) is 0 Å². The van der Waals surface area contributed by atoms with Gasteiger partial charge in [0.25, 0.3) is 0 Å². The molecule has 0 aromatic carbocycles. The SMILES string of the molecule is COc1cc(C)nc(NC2(CN)CCOCC2)n1. The first-order valence-corrected chi connectivity index (χ1v) is 6.13. The van der Waals surface area contributed by atoms with Gasteiger partial charge in [-0.2, -0.15) is 4.98 Å². The van der Waals surface area contributed by atoms with E-state index in [1.54, 1.807) is 13.2 Å². The van der Waals surface area contributed by atoms with Crippen LogP contribution in [0.5, 0.6) is 5.88 Å². The fourth-order valence-corrected chi connectivity index (χ4v) is 2.08. The molecular formula is C12H20N4O2. The van der Waals surface area contributed by atoms with Gasteiger partial charge in [-0.1, -0.05) is 0 Å². The highest BCUT2D eigenvalue weighted by atomic mass is 16.5. The first-order chi connectivity index (χ1) is 8.67. The summed E-state index contributed by atoms with van der Waals surface area (Å²) in [5.74, 6) is 1.13. The maximum atomic E-state index is 5.89. The Morgan fingerprint density at radius 3 is 2.78 bits per heavy atom. The van der Waals surface area contributed by atoms with E-state index in [-0.39, 0.29) is 5.54 Å². The number of nitrogens with two attached hydrogens (primary N) is 1. The molecule has 3 N–H and O–H groups in total. The zero-order chi connectivity index (χ0) is 13.0. The van der Waals surface area contributed by atoms with E-state index in [2.05, 4.69) is 15.3 Å². The minimum Gasteiger partial charge on any atom is -0.481 e. The zero-order valence-electron chi connectivity index (χ0n) is 10.9. The molecule has 0 unspecified atom stereocenters. The number of hydrogen-bond donors (Lipinski definition) is 2. The predicted octanol–water partition coefficient (Wildman–Crippen LogP) is 0.713. The summed E-state index contributed by atoms with van der Waals surface area (Å²) >= 11 is 0. The zero-order valence-corrected chi connectivity index (χ0v) is 10.9. The summed E-state index contributed by atoms with van der Waals surface area (Å²) in [4.78, 5) is 8.67. The Morgan fingerprint density at radius 1 is 1.44 bits per heavy atom. The topological polar surface area (TPSA) is 82.3 Å². The second kappa shape index (κ2) is 5.49. The van der Waals surface area contributed by atoms with Crippen molar-refractivity contribution in [3.63, 3.8) is 0 Å².